The van der Waals surface area contributed by atoms with Crippen LogP contribution in [0.4, 0.5) is 11.4 Å². The summed E-state index contributed by atoms with van der Waals surface area (Å²) in [4.78, 5) is 40.9. The Kier molecular flexibility index (Phi) is 5.81. The van der Waals surface area contributed by atoms with Gasteiger partial charge >= 0.3 is 0 Å². The van der Waals surface area contributed by atoms with Crippen LogP contribution >= 0.6 is 0 Å². The summed E-state index contributed by atoms with van der Waals surface area (Å²) in [6, 6.07) is 13.7. The molecule has 1 aromatic heterocycles. The number of amides is 2. The maximum atomic E-state index is 12.6. The van der Waals surface area contributed by atoms with Crippen LogP contribution in [-0.4, -0.2) is 35.1 Å². The Labute approximate surface area is 161 Å². The van der Waals surface area contributed by atoms with Gasteiger partial charge in [-0.25, -0.2) is 4.98 Å². The Hall–Kier alpha value is -3.52. The van der Waals surface area contributed by atoms with Gasteiger partial charge in [0.15, 0.2) is 0 Å². The first-order chi connectivity index (χ1) is 13.5. The molecule has 0 fully saturated rings. The van der Waals surface area contributed by atoms with Crippen molar-refractivity contribution in [1.82, 2.24) is 9.55 Å². The van der Waals surface area contributed by atoms with E-state index in [-0.39, 0.29) is 30.5 Å². The molecule has 0 saturated carbocycles. The molecule has 3 rings (SSSR count). The monoisotopic (exact) mass is 380 g/mol. The van der Waals surface area contributed by atoms with Crippen molar-refractivity contribution in [3.8, 4) is 0 Å². The van der Waals surface area contributed by atoms with E-state index >= 15 is 0 Å². The summed E-state index contributed by atoms with van der Waals surface area (Å²) in [5, 5.41) is 5.87. The topological polar surface area (TPSA) is 102 Å². The average Bonchev–Trinajstić information content (AvgIpc) is 2.67. The highest BCUT2D eigenvalue weighted by atomic mass is 16.5. The van der Waals surface area contributed by atoms with Crippen molar-refractivity contribution in [3.63, 3.8) is 0 Å². The molecule has 8 nitrogen and oxygen atoms in total. The van der Waals surface area contributed by atoms with Crippen LogP contribution in [0.3, 0.4) is 0 Å². The van der Waals surface area contributed by atoms with E-state index in [1.54, 1.807) is 49.4 Å². The number of ether oxygens (including phenoxy) is 1. The molecule has 2 N–H and O–H groups in total. The smallest absolute Gasteiger partial charge is 0.261 e. The van der Waals surface area contributed by atoms with E-state index in [0.717, 1.165) is 0 Å². The zero-order valence-corrected chi connectivity index (χ0v) is 15.6. The first-order valence-electron chi connectivity index (χ1n) is 8.63. The fourth-order valence-electron chi connectivity index (χ4n) is 2.77. The van der Waals surface area contributed by atoms with Gasteiger partial charge in [-0.1, -0.05) is 12.1 Å². The van der Waals surface area contributed by atoms with Gasteiger partial charge < -0.3 is 15.4 Å². The number of para-hydroxylation sites is 1. The highest BCUT2D eigenvalue weighted by Gasteiger charge is 2.11. The van der Waals surface area contributed by atoms with E-state index in [4.69, 9.17) is 4.74 Å². The first-order valence-corrected chi connectivity index (χ1v) is 8.63. The second-order valence-corrected chi connectivity index (χ2v) is 6.17. The maximum Gasteiger partial charge on any atom is 0.261 e. The quantitative estimate of drug-likeness (QED) is 0.680. The van der Waals surface area contributed by atoms with E-state index in [0.29, 0.717) is 28.1 Å². The summed E-state index contributed by atoms with van der Waals surface area (Å²) in [6.45, 7) is 1.51. The standard InChI is InChI=1S/C20H20N4O4/c1-13-21-17-6-4-3-5-16(17)20(27)24(13)11-18(25)22-14-7-9-15(10-8-14)23-19(26)12-28-2/h3-10H,11-12H2,1-2H3,(H,22,25)(H,23,26). The Bertz CT molecular complexity index is 1070. The number of fused-ring (bicyclic) bond motifs is 1. The molecule has 0 aliphatic carbocycles. The molecule has 0 unspecified atom stereocenters. The number of hydrogen-bond donors (Lipinski definition) is 2. The lowest BCUT2D eigenvalue weighted by Gasteiger charge is -2.11. The minimum atomic E-state index is -0.349. The van der Waals surface area contributed by atoms with Crippen molar-refractivity contribution in [2.45, 2.75) is 13.5 Å². The van der Waals surface area contributed by atoms with Crippen LogP contribution in [0.25, 0.3) is 10.9 Å². The summed E-state index contributed by atoms with van der Waals surface area (Å²) in [5.74, 6) is -0.147. The number of carbonyl (C=O) groups is 2. The maximum absolute atomic E-state index is 12.6. The van der Waals surface area contributed by atoms with E-state index in [9.17, 15) is 14.4 Å². The van der Waals surface area contributed by atoms with Gasteiger partial charge in [-0.05, 0) is 43.3 Å². The number of nitrogens with one attached hydrogen (secondary N) is 2. The Balaban J connectivity index is 1.70. The molecule has 0 saturated heterocycles. The SMILES string of the molecule is COCC(=O)Nc1ccc(NC(=O)Cn2c(C)nc3ccccc3c2=O)cc1. The molecule has 0 aliphatic rings. The van der Waals surface area contributed by atoms with Crippen molar-refractivity contribution in [2.24, 2.45) is 0 Å². The van der Waals surface area contributed by atoms with Gasteiger partial charge in [-0.3, -0.25) is 19.0 Å². The lowest BCUT2D eigenvalue weighted by Crippen LogP contribution is -2.30. The molecule has 2 aromatic carbocycles. The van der Waals surface area contributed by atoms with E-state index in [1.165, 1.54) is 11.7 Å². The number of carbonyl (C=O) groups excluding carboxylic acids is 2. The molecule has 8 heteroatoms. The fraction of sp³-hybridized carbons (Fsp3) is 0.200. The molecular formula is C20H20N4O4. The molecule has 144 valence electrons. The summed E-state index contributed by atoms with van der Waals surface area (Å²) >= 11 is 0. The van der Waals surface area contributed by atoms with Gasteiger partial charge in [-0.2, -0.15) is 0 Å². The van der Waals surface area contributed by atoms with Gasteiger partial charge in [0, 0.05) is 18.5 Å². The highest BCUT2D eigenvalue weighted by molar-refractivity contribution is 5.93. The molecule has 0 atom stereocenters. The van der Waals surface area contributed by atoms with Crippen LogP contribution in [0.1, 0.15) is 5.82 Å². The van der Waals surface area contributed by atoms with E-state index in [2.05, 4.69) is 15.6 Å². The molecule has 0 radical (unpaired) electrons. The van der Waals surface area contributed by atoms with Gasteiger partial charge in [-0.15, -0.1) is 0 Å². The summed E-state index contributed by atoms with van der Waals surface area (Å²) in [6.07, 6.45) is 0. The molecule has 0 spiro atoms. The third-order valence-corrected chi connectivity index (χ3v) is 4.08. The molecular weight excluding hydrogens is 360 g/mol. The molecule has 0 bridgehead atoms. The van der Waals surface area contributed by atoms with E-state index < -0.39 is 0 Å². The van der Waals surface area contributed by atoms with Gasteiger partial charge in [0.25, 0.3) is 5.56 Å². The van der Waals surface area contributed by atoms with Gasteiger partial charge in [0.1, 0.15) is 19.0 Å². The van der Waals surface area contributed by atoms with Crippen molar-refractivity contribution in [2.75, 3.05) is 24.4 Å². The van der Waals surface area contributed by atoms with Crippen molar-refractivity contribution in [3.05, 3.63) is 64.7 Å². The number of anilines is 2. The molecule has 0 aliphatic heterocycles. The lowest BCUT2D eigenvalue weighted by atomic mass is 10.2. The van der Waals surface area contributed by atoms with Crippen LogP contribution < -0.4 is 16.2 Å². The molecule has 1 heterocycles. The van der Waals surface area contributed by atoms with Crippen LogP contribution in [0, 0.1) is 6.92 Å². The highest BCUT2D eigenvalue weighted by Crippen LogP contribution is 2.14. The molecule has 2 amide bonds. The van der Waals surface area contributed by atoms with Crippen LogP contribution in [0.5, 0.6) is 0 Å². The predicted octanol–water partition coefficient (Wildman–Crippen LogP) is 1.93. The zero-order valence-electron chi connectivity index (χ0n) is 15.6. The van der Waals surface area contributed by atoms with Crippen LogP contribution in [0.2, 0.25) is 0 Å². The van der Waals surface area contributed by atoms with Crippen molar-refractivity contribution in [1.29, 1.82) is 0 Å². The number of aryl methyl sites for hydroxylation is 1. The normalized spacial score (nSPS) is 10.6. The lowest BCUT2D eigenvalue weighted by molar-refractivity contribution is -0.119. The number of aromatic nitrogens is 2. The third kappa shape index (κ3) is 4.41. The van der Waals surface area contributed by atoms with Crippen LogP contribution in [0.15, 0.2) is 53.3 Å². The number of benzene rings is 2. The second kappa shape index (κ2) is 8.45. The summed E-state index contributed by atoms with van der Waals surface area (Å²) in [7, 11) is 1.44. The van der Waals surface area contributed by atoms with Crippen molar-refractivity contribution < 1.29 is 14.3 Å². The Morgan fingerprint density at radius 3 is 2.25 bits per heavy atom. The minimum Gasteiger partial charge on any atom is -0.375 e. The van der Waals surface area contributed by atoms with Crippen LogP contribution in [-0.2, 0) is 20.9 Å². The average molecular weight is 380 g/mol. The first kappa shape index (κ1) is 19.2. The van der Waals surface area contributed by atoms with Gasteiger partial charge in [0.2, 0.25) is 11.8 Å². The number of rotatable bonds is 6. The van der Waals surface area contributed by atoms with Gasteiger partial charge in [0.05, 0.1) is 10.9 Å². The fourth-order valence-corrected chi connectivity index (χ4v) is 2.77. The second-order valence-electron chi connectivity index (χ2n) is 6.17. The minimum absolute atomic E-state index is 0.0353. The number of hydrogen-bond acceptors (Lipinski definition) is 5. The number of methoxy groups -OCH3 is 1. The van der Waals surface area contributed by atoms with E-state index in [1.807, 2.05) is 6.07 Å². The number of nitrogens with zero attached hydrogens (tertiary/aromatic N) is 2. The summed E-state index contributed by atoms with van der Waals surface area (Å²) in [5.41, 5.74) is 1.49. The third-order valence-electron chi connectivity index (χ3n) is 4.08. The predicted molar refractivity (Wildman–Crippen MR) is 106 cm³/mol. The molecule has 3 aromatic rings. The summed E-state index contributed by atoms with van der Waals surface area (Å²) < 4.78 is 6.10. The zero-order chi connectivity index (χ0) is 20.1. The Morgan fingerprint density at radius 2 is 1.61 bits per heavy atom. The largest absolute Gasteiger partial charge is 0.375 e. The Morgan fingerprint density at radius 1 is 1.00 bits per heavy atom. The van der Waals surface area contributed by atoms with Crippen molar-refractivity contribution >= 4 is 34.1 Å². The molecule has 28 heavy (non-hydrogen) atoms.